The molecule has 6 nitrogen and oxygen atoms in total. The van der Waals surface area contributed by atoms with Crippen molar-refractivity contribution in [2.75, 3.05) is 13.1 Å². The number of likely N-dealkylation sites (tertiary alicyclic amines) is 1. The van der Waals surface area contributed by atoms with E-state index in [1.165, 1.54) is 0 Å². The Morgan fingerprint density at radius 3 is 2.68 bits per heavy atom. The van der Waals surface area contributed by atoms with Crippen molar-refractivity contribution in [3.05, 3.63) is 11.9 Å². The van der Waals surface area contributed by atoms with Gasteiger partial charge in [-0.05, 0) is 12.8 Å². The second-order valence-electron chi connectivity index (χ2n) is 5.52. The molecular weight excluding hydrogens is 242 g/mol. The molecule has 0 unspecified atom stereocenters. The van der Waals surface area contributed by atoms with Crippen molar-refractivity contribution >= 4 is 5.91 Å². The summed E-state index contributed by atoms with van der Waals surface area (Å²) in [7, 11) is 1.87. The zero-order chi connectivity index (χ0) is 13.8. The molecule has 0 saturated carbocycles. The number of carbonyl (C=O) groups is 1. The average Bonchev–Trinajstić information content (AvgIpc) is 2.82. The molecule has 2 rings (SSSR count). The van der Waals surface area contributed by atoms with Gasteiger partial charge < -0.3 is 10.2 Å². The Hall–Kier alpha value is -1.43. The number of carbonyl (C=O) groups excluding carboxylic acids is 1. The SMILES string of the molecule is CC(C)C(=O)N1CCC(NCc2cn(C)nn2)CC1. The number of hydrogen-bond donors (Lipinski definition) is 1. The van der Waals surface area contributed by atoms with Gasteiger partial charge in [-0.15, -0.1) is 5.10 Å². The van der Waals surface area contributed by atoms with Crippen molar-refractivity contribution in [2.24, 2.45) is 13.0 Å². The second kappa shape index (κ2) is 6.14. The van der Waals surface area contributed by atoms with Crippen LogP contribution in [0.25, 0.3) is 0 Å². The summed E-state index contributed by atoms with van der Waals surface area (Å²) in [5.41, 5.74) is 0.961. The van der Waals surface area contributed by atoms with Crippen LogP contribution in [0, 0.1) is 5.92 Å². The molecule has 1 aliphatic heterocycles. The largest absolute Gasteiger partial charge is 0.342 e. The molecule has 0 aromatic carbocycles. The normalized spacial score (nSPS) is 17.2. The minimum Gasteiger partial charge on any atom is -0.342 e. The molecule has 0 atom stereocenters. The first kappa shape index (κ1) is 14.0. The Labute approximate surface area is 114 Å². The van der Waals surface area contributed by atoms with E-state index in [2.05, 4.69) is 15.6 Å². The van der Waals surface area contributed by atoms with Gasteiger partial charge in [-0.3, -0.25) is 9.48 Å². The summed E-state index contributed by atoms with van der Waals surface area (Å²) in [6, 6.07) is 0.471. The van der Waals surface area contributed by atoms with Crippen LogP contribution in [-0.2, 0) is 18.4 Å². The Morgan fingerprint density at radius 2 is 2.16 bits per heavy atom. The van der Waals surface area contributed by atoms with Crippen LogP contribution in [0.3, 0.4) is 0 Å². The minimum absolute atomic E-state index is 0.101. The molecule has 1 aliphatic rings. The van der Waals surface area contributed by atoms with Gasteiger partial charge in [0.2, 0.25) is 5.91 Å². The fraction of sp³-hybridized carbons (Fsp3) is 0.769. The molecule has 0 radical (unpaired) electrons. The number of aryl methyl sites for hydroxylation is 1. The topological polar surface area (TPSA) is 63.1 Å². The van der Waals surface area contributed by atoms with Gasteiger partial charge in [-0.2, -0.15) is 0 Å². The molecule has 1 N–H and O–H groups in total. The molecule has 2 heterocycles. The van der Waals surface area contributed by atoms with Crippen LogP contribution in [0.15, 0.2) is 6.20 Å². The first-order chi connectivity index (χ1) is 9.06. The lowest BCUT2D eigenvalue weighted by molar-refractivity contribution is -0.135. The molecule has 1 saturated heterocycles. The standard InChI is InChI=1S/C13H23N5O/c1-10(2)13(19)18-6-4-11(5-7-18)14-8-12-9-17(3)16-15-12/h9-11,14H,4-8H2,1-3H3. The highest BCUT2D eigenvalue weighted by Gasteiger charge is 2.23. The molecule has 0 aliphatic carbocycles. The van der Waals surface area contributed by atoms with Crippen LogP contribution >= 0.6 is 0 Å². The van der Waals surface area contributed by atoms with Crippen LogP contribution in [0.4, 0.5) is 0 Å². The summed E-state index contributed by atoms with van der Waals surface area (Å²) in [4.78, 5) is 13.8. The molecule has 6 heteroatoms. The smallest absolute Gasteiger partial charge is 0.225 e. The molecule has 1 amide bonds. The van der Waals surface area contributed by atoms with Gasteiger partial charge >= 0.3 is 0 Å². The number of amides is 1. The van der Waals surface area contributed by atoms with E-state index in [1.54, 1.807) is 4.68 Å². The summed E-state index contributed by atoms with van der Waals surface area (Å²) in [6.45, 7) is 6.38. The fourth-order valence-corrected chi connectivity index (χ4v) is 2.39. The third-order valence-corrected chi connectivity index (χ3v) is 3.52. The second-order valence-corrected chi connectivity index (χ2v) is 5.52. The Bertz CT molecular complexity index is 420. The molecule has 106 valence electrons. The first-order valence-corrected chi connectivity index (χ1v) is 6.93. The van der Waals surface area contributed by atoms with E-state index in [1.807, 2.05) is 32.0 Å². The van der Waals surface area contributed by atoms with Crippen molar-refractivity contribution in [3.8, 4) is 0 Å². The fourth-order valence-electron chi connectivity index (χ4n) is 2.39. The monoisotopic (exact) mass is 265 g/mol. The summed E-state index contributed by atoms with van der Waals surface area (Å²) >= 11 is 0. The Morgan fingerprint density at radius 1 is 1.47 bits per heavy atom. The van der Waals surface area contributed by atoms with Crippen LogP contribution in [0.5, 0.6) is 0 Å². The lowest BCUT2D eigenvalue weighted by atomic mass is 10.0. The van der Waals surface area contributed by atoms with E-state index in [0.717, 1.165) is 38.2 Å². The van der Waals surface area contributed by atoms with Crippen LogP contribution in [0.2, 0.25) is 0 Å². The average molecular weight is 265 g/mol. The van der Waals surface area contributed by atoms with E-state index < -0.39 is 0 Å². The lowest BCUT2D eigenvalue weighted by Crippen LogP contribution is -2.46. The summed E-state index contributed by atoms with van der Waals surface area (Å²) in [5, 5.41) is 11.4. The predicted octanol–water partition coefficient (Wildman–Crippen LogP) is 0.552. The molecule has 1 aromatic heterocycles. The van der Waals surface area contributed by atoms with Gasteiger partial charge in [0.15, 0.2) is 0 Å². The van der Waals surface area contributed by atoms with Gasteiger partial charge in [-0.1, -0.05) is 19.1 Å². The molecule has 1 fully saturated rings. The Balaban J connectivity index is 1.73. The molecule has 0 bridgehead atoms. The van der Waals surface area contributed by atoms with Gasteiger partial charge in [0.25, 0.3) is 0 Å². The molecular formula is C13H23N5O. The van der Waals surface area contributed by atoms with Crippen molar-refractivity contribution in [1.82, 2.24) is 25.2 Å². The number of rotatable bonds is 4. The summed E-state index contributed by atoms with van der Waals surface area (Å²) in [5.74, 6) is 0.372. The first-order valence-electron chi connectivity index (χ1n) is 6.93. The van der Waals surface area contributed by atoms with E-state index in [9.17, 15) is 4.79 Å². The number of piperidine rings is 1. The van der Waals surface area contributed by atoms with Gasteiger partial charge in [0.1, 0.15) is 0 Å². The molecule has 19 heavy (non-hydrogen) atoms. The zero-order valence-corrected chi connectivity index (χ0v) is 12.0. The molecule has 1 aromatic rings. The van der Waals surface area contributed by atoms with Crippen molar-refractivity contribution in [1.29, 1.82) is 0 Å². The van der Waals surface area contributed by atoms with Crippen molar-refractivity contribution < 1.29 is 4.79 Å². The van der Waals surface area contributed by atoms with Crippen LogP contribution in [-0.4, -0.2) is 44.9 Å². The summed E-state index contributed by atoms with van der Waals surface area (Å²) < 4.78 is 1.71. The van der Waals surface area contributed by atoms with Crippen molar-refractivity contribution in [2.45, 2.75) is 39.3 Å². The van der Waals surface area contributed by atoms with E-state index in [0.29, 0.717) is 6.04 Å². The lowest BCUT2D eigenvalue weighted by Gasteiger charge is -2.33. The quantitative estimate of drug-likeness (QED) is 0.863. The van der Waals surface area contributed by atoms with Gasteiger partial charge in [0, 0.05) is 44.8 Å². The minimum atomic E-state index is 0.101. The van der Waals surface area contributed by atoms with Crippen molar-refractivity contribution in [3.63, 3.8) is 0 Å². The van der Waals surface area contributed by atoms with Gasteiger partial charge in [0.05, 0.1) is 5.69 Å². The van der Waals surface area contributed by atoms with E-state index in [-0.39, 0.29) is 11.8 Å². The maximum atomic E-state index is 11.9. The highest BCUT2D eigenvalue weighted by atomic mass is 16.2. The number of nitrogens with one attached hydrogen (secondary N) is 1. The van der Waals surface area contributed by atoms with E-state index in [4.69, 9.17) is 0 Å². The Kier molecular flexibility index (Phi) is 4.52. The van der Waals surface area contributed by atoms with Crippen LogP contribution in [0.1, 0.15) is 32.4 Å². The highest BCUT2D eigenvalue weighted by molar-refractivity contribution is 5.78. The predicted molar refractivity (Wildman–Crippen MR) is 72.3 cm³/mol. The number of aromatic nitrogens is 3. The molecule has 0 spiro atoms. The van der Waals surface area contributed by atoms with E-state index >= 15 is 0 Å². The van der Waals surface area contributed by atoms with Gasteiger partial charge in [-0.25, -0.2) is 0 Å². The number of nitrogens with zero attached hydrogens (tertiary/aromatic N) is 4. The maximum absolute atomic E-state index is 11.9. The number of hydrogen-bond acceptors (Lipinski definition) is 4. The zero-order valence-electron chi connectivity index (χ0n) is 12.0. The summed E-state index contributed by atoms with van der Waals surface area (Å²) in [6.07, 6.45) is 3.95. The third kappa shape index (κ3) is 3.76. The maximum Gasteiger partial charge on any atom is 0.225 e. The highest BCUT2D eigenvalue weighted by Crippen LogP contribution is 2.13. The van der Waals surface area contributed by atoms with Crippen LogP contribution < -0.4 is 5.32 Å². The third-order valence-electron chi connectivity index (χ3n) is 3.52.